The van der Waals surface area contributed by atoms with Crippen LogP contribution in [0.2, 0.25) is 0 Å². The second-order valence-corrected chi connectivity index (χ2v) is 11.7. The lowest BCUT2D eigenvalue weighted by Gasteiger charge is -2.29. The number of rotatable bonds is 7. The highest BCUT2D eigenvalue weighted by atomic mass is 32.1. The molecule has 2 aliphatic rings. The second-order valence-electron chi connectivity index (χ2n) is 10.6. The fraction of sp³-hybridized carbons (Fsp3) is 0.400. The molecule has 2 heterocycles. The van der Waals surface area contributed by atoms with E-state index in [0.29, 0.717) is 11.2 Å². The molecule has 0 aliphatic heterocycles. The van der Waals surface area contributed by atoms with Crippen LogP contribution in [-0.4, -0.2) is 27.8 Å². The van der Waals surface area contributed by atoms with E-state index in [9.17, 15) is 9.59 Å². The van der Waals surface area contributed by atoms with Crippen molar-refractivity contribution in [3.8, 4) is 0 Å². The van der Waals surface area contributed by atoms with Gasteiger partial charge in [0.1, 0.15) is 0 Å². The van der Waals surface area contributed by atoms with Crippen LogP contribution in [-0.2, 0) is 16.1 Å². The van der Waals surface area contributed by atoms with Crippen molar-refractivity contribution in [1.29, 1.82) is 0 Å². The number of aromatic nitrogens is 2. The van der Waals surface area contributed by atoms with Crippen molar-refractivity contribution in [3.63, 3.8) is 0 Å². The summed E-state index contributed by atoms with van der Waals surface area (Å²) >= 11 is 1.46. The Kier molecular flexibility index (Phi) is 7.33. The van der Waals surface area contributed by atoms with Crippen LogP contribution in [0.3, 0.4) is 0 Å². The lowest BCUT2D eigenvalue weighted by atomic mass is 9.85. The largest absolute Gasteiger partial charge is 0.326 e. The minimum Gasteiger partial charge on any atom is -0.326 e. The highest BCUT2D eigenvalue weighted by molar-refractivity contribution is 7.22. The van der Waals surface area contributed by atoms with E-state index in [1.807, 2.05) is 42.6 Å². The fourth-order valence-electron chi connectivity index (χ4n) is 5.78. The van der Waals surface area contributed by atoms with Crippen LogP contribution in [0.25, 0.3) is 21.1 Å². The lowest BCUT2D eigenvalue weighted by molar-refractivity contribution is -0.121. The van der Waals surface area contributed by atoms with Crippen molar-refractivity contribution < 1.29 is 9.59 Å². The van der Waals surface area contributed by atoms with Gasteiger partial charge in [0.15, 0.2) is 5.13 Å². The minimum atomic E-state index is -0.0377. The molecule has 7 nitrogen and oxygen atoms in total. The molecular weight excluding hydrogens is 494 g/mol. The first-order valence-electron chi connectivity index (χ1n) is 13.7. The second kappa shape index (κ2) is 11.2. The molecule has 0 unspecified atom stereocenters. The molecule has 0 bridgehead atoms. The molecule has 2 atom stereocenters. The number of carbonyl (C=O) groups excluding carboxylic acids is 2. The van der Waals surface area contributed by atoms with Gasteiger partial charge in [-0.15, -0.1) is 0 Å². The highest BCUT2D eigenvalue weighted by Gasteiger charge is 2.28. The normalized spacial score (nSPS) is 20.1. The van der Waals surface area contributed by atoms with Gasteiger partial charge < -0.3 is 16.0 Å². The number of amides is 2. The van der Waals surface area contributed by atoms with Gasteiger partial charge in [-0.1, -0.05) is 48.8 Å². The average Bonchev–Trinajstić information content (AvgIpc) is 3.62. The molecule has 4 aromatic rings. The summed E-state index contributed by atoms with van der Waals surface area (Å²) in [7, 11) is 0. The van der Waals surface area contributed by atoms with E-state index in [1.165, 1.54) is 11.3 Å². The van der Waals surface area contributed by atoms with Gasteiger partial charge in [0, 0.05) is 41.7 Å². The summed E-state index contributed by atoms with van der Waals surface area (Å²) in [6.45, 7) is 0.744. The van der Waals surface area contributed by atoms with Crippen molar-refractivity contribution in [2.24, 2.45) is 11.8 Å². The molecule has 2 aromatic carbocycles. The van der Waals surface area contributed by atoms with Crippen molar-refractivity contribution >= 4 is 55.1 Å². The molecule has 8 heteroatoms. The van der Waals surface area contributed by atoms with E-state index in [1.54, 1.807) is 0 Å². The number of anilines is 2. The third-order valence-electron chi connectivity index (χ3n) is 7.90. The first-order valence-corrected chi connectivity index (χ1v) is 14.5. The molecule has 0 spiro atoms. The predicted octanol–water partition coefficient (Wildman–Crippen LogP) is 6.26. The van der Waals surface area contributed by atoms with Crippen molar-refractivity contribution in [2.75, 3.05) is 10.6 Å². The van der Waals surface area contributed by atoms with Crippen LogP contribution in [0, 0.1) is 11.8 Å². The maximum atomic E-state index is 13.1. The Morgan fingerprint density at radius 2 is 1.68 bits per heavy atom. The van der Waals surface area contributed by atoms with Crippen LogP contribution >= 0.6 is 11.3 Å². The van der Waals surface area contributed by atoms with Crippen molar-refractivity contribution in [3.05, 3.63) is 60.3 Å². The van der Waals surface area contributed by atoms with Gasteiger partial charge in [-0.05, 0) is 68.0 Å². The molecule has 6 rings (SSSR count). The van der Waals surface area contributed by atoms with Crippen molar-refractivity contribution in [1.82, 2.24) is 15.3 Å². The summed E-state index contributed by atoms with van der Waals surface area (Å²) in [5.41, 5.74) is 3.78. The number of benzene rings is 2. The number of hydrogen-bond donors (Lipinski definition) is 3. The van der Waals surface area contributed by atoms with Gasteiger partial charge in [-0.25, -0.2) is 4.98 Å². The zero-order valence-electron chi connectivity index (χ0n) is 21.4. The smallest absolute Gasteiger partial charge is 0.229 e. The Balaban J connectivity index is 1.04. The molecule has 2 amide bonds. The first kappa shape index (κ1) is 24.9. The number of nitrogens with one attached hydrogen (secondary N) is 3. The van der Waals surface area contributed by atoms with Crippen LogP contribution in [0.15, 0.2) is 54.7 Å². The third-order valence-corrected chi connectivity index (χ3v) is 8.83. The first-order chi connectivity index (χ1) is 18.6. The Bertz CT molecular complexity index is 1460. The summed E-state index contributed by atoms with van der Waals surface area (Å²) in [5.74, 6) is 0.235. The van der Waals surface area contributed by atoms with E-state index in [0.717, 1.165) is 90.3 Å². The summed E-state index contributed by atoms with van der Waals surface area (Å²) in [4.78, 5) is 34.8. The van der Waals surface area contributed by atoms with E-state index < -0.39 is 0 Å². The van der Waals surface area contributed by atoms with Gasteiger partial charge in [-0.2, -0.15) is 0 Å². The zero-order chi connectivity index (χ0) is 25.9. The molecule has 2 aliphatic carbocycles. The molecule has 3 N–H and O–H groups in total. The average molecular weight is 528 g/mol. The van der Waals surface area contributed by atoms with Gasteiger partial charge in [0.25, 0.3) is 0 Å². The molecule has 38 heavy (non-hydrogen) atoms. The highest BCUT2D eigenvalue weighted by Crippen LogP contribution is 2.32. The number of thiazole rings is 1. The van der Waals surface area contributed by atoms with Gasteiger partial charge in [0.05, 0.1) is 15.7 Å². The molecule has 0 radical (unpaired) electrons. The fourth-order valence-corrected chi connectivity index (χ4v) is 6.69. The molecule has 2 aromatic heterocycles. The molecule has 2 saturated carbocycles. The van der Waals surface area contributed by atoms with Crippen LogP contribution in [0.1, 0.15) is 56.9 Å². The molecule has 196 valence electrons. The van der Waals surface area contributed by atoms with Gasteiger partial charge in [0.2, 0.25) is 11.8 Å². The number of hydrogen-bond acceptors (Lipinski definition) is 6. The monoisotopic (exact) mass is 527 g/mol. The third kappa shape index (κ3) is 5.71. The number of para-hydroxylation sites is 1. The predicted molar refractivity (Wildman–Crippen MR) is 153 cm³/mol. The number of fused-ring (bicyclic) bond motifs is 2. The number of nitrogens with zero attached hydrogens (tertiary/aromatic N) is 2. The van der Waals surface area contributed by atoms with Crippen molar-refractivity contribution in [2.45, 2.75) is 64.0 Å². The number of carbonyl (C=O) groups is 2. The van der Waals surface area contributed by atoms with Crippen LogP contribution < -0.4 is 16.0 Å². The Morgan fingerprint density at radius 1 is 0.868 bits per heavy atom. The minimum absolute atomic E-state index is 0.0377. The Morgan fingerprint density at radius 3 is 2.58 bits per heavy atom. The zero-order valence-corrected chi connectivity index (χ0v) is 22.2. The summed E-state index contributed by atoms with van der Waals surface area (Å²) in [5, 5.41) is 11.5. The SMILES string of the molecule is O=C(Nc1ccc2nc(NC(=O)[C@@H]3CCC[C@H](NCc4cnc5ccccc5c4)C3)sc2c1)C1CCCC1. The van der Waals surface area contributed by atoms with E-state index >= 15 is 0 Å². The maximum Gasteiger partial charge on any atom is 0.229 e. The van der Waals surface area contributed by atoms with Gasteiger partial charge >= 0.3 is 0 Å². The number of pyridine rings is 1. The van der Waals surface area contributed by atoms with E-state index in [2.05, 4.69) is 38.1 Å². The molecule has 2 fully saturated rings. The molecular formula is C30H33N5O2S. The quantitative estimate of drug-likeness (QED) is 0.264. The Labute approximate surface area is 226 Å². The topological polar surface area (TPSA) is 96.0 Å². The lowest BCUT2D eigenvalue weighted by Crippen LogP contribution is -2.37. The maximum absolute atomic E-state index is 13.1. The molecule has 0 saturated heterocycles. The standard InChI is InChI=1S/C30H33N5O2S/c36-28(20-6-1-2-7-20)33-24-12-13-26-27(16-24)38-30(34-26)35-29(37)22-9-5-10-23(15-22)31-17-19-14-21-8-3-4-11-25(21)32-18-19/h3-4,8,11-14,16,18,20,22-23,31H,1-2,5-7,9-10,15,17H2,(H,33,36)(H,34,35,37)/t22-,23+/m1/s1. The Hall–Kier alpha value is -3.36. The summed E-state index contributed by atoms with van der Waals surface area (Å²) in [6.07, 6.45) is 9.95. The summed E-state index contributed by atoms with van der Waals surface area (Å²) < 4.78 is 0.955. The van der Waals surface area contributed by atoms with E-state index in [4.69, 9.17) is 0 Å². The summed E-state index contributed by atoms with van der Waals surface area (Å²) in [6, 6.07) is 16.4. The van der Waals surface area contributed by atoms with E-state index in [-0.39, 0.29) is 23.7 Å². The van der Waals surface area contributed by atoms with Crippen LogP contribution in [0.5, 0.6) is 0 Å². The van der Waals surface area contributed by atoms with Crippen LogP contribution in [0.4, 0.5) is 10.8 Å². The van der Waals surface area contributed by atoms with Gasteiger partial charge in [-0.3, -0.25) is 14.6 Å².